The van der Waals surface area contributed by atoms with Crippen molar-refractivity contribution < 1.29 is 0 Å². The van der Waals surface area contributed by atoms with Gasteiger partial charge < -0.3 is 0 Å². The molecule has 1 aromatic heterocycles. The van der Waals surface area contributed by atoms with Gasteiger partial charge in [-0.05, 0) is 19.1 Å². The van der Waals surface area contributed by atoms with E-state index in [1.807, 2.05) is 31.2 Å². The highest BCUT2D eigenvalue weighted by atomic mass is 35.5. The van der Waals surface area contributed by atoms with E-state index in [2.05, 4.69) is 10.3 Å². The fourth-order valence-corrected chi connectivity index (χ4v) is 1.29. The van der Waals surface area contributed by atoms with Crippen LogP contribution in [0.3, 0.4) is 0 Å². The molecular weight excluding hydrogens is 174 g/mol. The minimum Gasteiger partial charge on any atom is -0.227 e. The second kappa shape index (κ2) is 2.75. The number of hydrogen-bond acceptors (Lipinski definition) is 2. The summed E-state index contributed by atoms with van der Waals surface area (Å²) in [4.78, 5) is 0. The quantitative estimate of drug-likeness (QED) is 0.632. The molecule has 2 rings (SSSR count). The van der Waals surface area contributed by atoms with Gasteiger partial charge in [-0.25, -0.2) is 4.68 Å². The van der Waals surface area contributed by atoms with Gasteiger partial charge in [-0.1, -0.05) is 28.9 Å². The lowest BCUT2D eigenvalue weighted by Crippen LogP contribution is -1.99. The van der Waals surface area contributed by atoms with E-state index < -0.39 is 0 Å². The molecule has 1 atom stereocenters. The van der Waals surface area contributed by atoms with E-state index in [9.17, 15) is 0 Å². The first kappa shape index (κ1) is 7.55. The molecule has 0 aliphatic heterocycles. The maximum absolute atomic E-state index is 5.88. The molecule has 0 fully saturated rings. The fourth-order valence-electron chi connectivity index (χ4n) is 1.15. The van der Waals surface area contributed by atoms with Crippen molar-refractivity contribution in [2.45, 2.75) is 12.4 Å². The summed E-state index contributed by atoms with van der Waals surface area (Å²) < 4.78 is 1.69. The van der Waals surface area contributed by atoms with Crippen molar-refractivity contribution in [1.82, 2.24) is 15.0 Å². The van der Waals surface area contributed by atoms with Crippen LogP contribution in [0.4, 0.5) is 0 Å². The van der Waals surface area contributed by atoms with E-state index in [0.717, 1.165) is 11.0 Å². The molecule has 62 valence electrons. The molecular formula is C8H8ClN3. The molecule has 1 aromatic carbocycles. The number of halogens is 1. The monoisotopic (exact) mass is 181 g/mol. The van der Waals surface area contributed by atoms with Crippen LogP contribution in [-0.2, 0) is 0 Å². The summed E-state index contributed by atoms with van der Waals surface area (Å²) in [6, 6.07) is 7.74. The number of rotatable bonds is 1. The van der Waals surface area contributed by atoms with Crippen LogP contribution in [0.1, 0.15) is 12.4 Å². The molecule has 0 aliphatic rings. The van der Waals surface area contributed by atoms with Gasteiger partial charge in [-0.3, -0.25) is 0 Å². The normalized spacial score (nSPS) is 13.5. The van der Waals surface area contributed by atoms with Crippen molar-refractivity contribution in [3.05, 3.63) is 24.3 Å². The topological polar surface area (TPSA) is 30.7 Å². The first-order chi connectivity index (χ1) is 5.79. The maximum atomic E-state index is 5.88. The van der Waals surface area contributed by atoms with Crippen LogP contribution in [0.2, 0.25) is 0 Å². The average molecular weight is 182 g/mol. The lowest BCUT2D eigenvalue weighted by Gasteiger charge is -2.01. The molecule has 0 saturated heterocycles. The zero-order valence-corrected chi connectivity index (χ0v) is 7.36. The lowest BCUT2D eigenvalue weighted by molar-refractivity contribution is 0.623. The molecule has 0 saturated carbocycles. The molecule has 0 aliphatic carbocycles. The van der Waals surface area contributed by atoms with Crippen LogP contribution in [0.25, 0.3) is 11.0 Å². The second-order valence-electron chi connectivity index (χ2n) is 2.60. The van der Waals surface area contributed by atoms with Crippen LogP contribution in [0, 0.1) is 0 Å². The highest BCUT2D eigenvalue weighted by Gasteiger charge is 2.06. The lowest BCUT2D eigenvalue weighted by atomic mass is 10.3. The predicted molar refractivity (Wildman–Crippen MR) is 48.1 cm³/mol. The molecule has 12 heavy (non-hydrogen) atoms. The molecule has 1 heterocycles. The van der Waals surface area contributed by atoms with Gasteiger partial charge in [0.1, 0.15) is 11.0 Å². The maximum Gasteiger partial charge on any atom is 0.125 e. The number of nitrogens with zero attached hydrogens (tertiary/aromatic N) is 3. The van der Waals surface area contributed by atoms with Crippen LogP contribution in [0.15, 0.2) is 24.3 Å². The standard InChI is InChI=1S/C8H8ClN3/c1-6(9)12-8-5-3-2-4-7(8)10-11-12/h2-6H,1H3. The van der Waals surface area contributed by atoms with Crippen LogP contribution in [0.5, 0.6) is 0 Å². The number of aromatic nitrogens is 3. The van der Waals surface area contributed by atoms with Gasteiger partial charge in [0.2, 0.25) is 0 Å². The summed E-state index contributed by atoms with van der Waals surface area (Å²) in [6.45, 7) is 1.86. The van der Waals surface area contributed by atoms with Gasteiger partial charge in [-0.15, -0.1) is 5.10 Å². The average Bonchev–Trinajstić information content (AvgIpc) is 2.47. The van der Waals surface area contributed by atoms with E-state index >= 15 is 0 Å². The first-order valence-electron chi connectivity index (χ1n) is 3.73. The highest BCUT2D eigenvalue weighted by Crippen LogP contribution is 2.16. The van der Waals surface area contributed by atoms with Crippen molar-refractivity contribution in [3.63, 3.8) is 0 Å². The Labute approximate surface area is 74.9 Å². The van der Waals surface area contributed by atoms with Gasteiger partial charge in [0.25, 0.3) is 0 Å². The van der Waals surface area contributed by atoms with Gasteiger partial charge in [0, 0.05) is 0 Å². The Morgan fingerprint density at radius 1 is 1.42 bits per heavy atom. The number of alkyl halides is 1. The SMILES string of the molecule is CC(Cl)n1nnc2ccccc21. The van der Waals surface area contributed by atoms with E-state index in [0.29, 0.717) is 0 Å². The fraction of sp³-hybridized carbons (Fsp3) is 0.250. The zero-order valence-electron chi connectivity index (χ0n) is 6.61. The van der Waals surface area contributed by atoms with Gasteiger partial charge in [0.05, 0.1) is 5.52 Å². The van der Waals surface area contributed by atoms with Crippen LogP contribution >= 0.6 is 11.6 Å². The minimum atomic E-state index is -0.155. The largest absolute Gasteiger partial charge is 0.227 e. The summed E-state index contributed by atoms with van der Waals surface area (Å²) in [6.07, 6.45) is 0. The molecule has 0 N–H and O–H groups in total. The highest BCUT2D eigenvalue weighted by molar-refractivity contribution is 6.19. The van der Waals surface area contributed by atoms with Crippen molar-refractivity contribution >= 4 is 22.6 Å². The van der Waals surface area contributed by atoms with E-state index in [1.165, 1.54) is 0 Å². The Kier molecular flexibility index (Phi) is 1.73. The van der Waals surface area contributed by atoms with E-state index in [4.69, 9.17) is 11.6 Å². The Morgan fingerprint density at radius 3 is 2.92 bits per heavy atom. The van der Waals surface area contributed by atoms with E-state index in [1.54, 1.807) is 4.68 Å². The molecule has 4 heteroatoms. The summed E-state index contributed by atoms with van der Waals surface area (Å²) in [7, 11) is 0. The third-order valence-corrected chi connectivity index (χ3v) is 1.90. The van der Waals surface area contributed by atoms with Crippen molar-refractivity contribution in [2.24, 2.45) is 0 Å². The van der Waals surface area contributed by atoms with Gasteiger partial charge in [0.15, 0.2) is 0 Å². The zero-order chi connectivity index (χ0) is 8.55. The second-order valence-corrected chi connectivity index (χ2v) is 3.23. The van der Waals surface area contributed by atoms with Gasteiger partial charge >= 0.3 is 0 Å². The predicted octanol–water partition coefficient (Wildman–Crippen LogP) is 2.19. The minimum absolute atomic E-state index is 0.155. The van der Waals surface area contributed by atoms with Crippen molar-refractivity contribution in [3.8, 4) is 0 Å². The molecule has 0 amide bonds. The molecule has 0 bridgehead atoms. The Morgan fingerprint density at radius 2 is 2.17 bits per heavy atom. The van der Waals surface area contributed by atoms with Crippen LogP contribution in [-0.4, -0.2) is 15.0 Å². The molecule has 1 unspecified atom stereocenters. The third kappa shape index (κ3) is 1.06. The third-order valence-electron chi connectivity index (χ3n) is 1.71. The first-order valence-corrected chi connectivity index (χ1v) is 4.16. The molecule has 2 aromatic rings. The summed E-state index contributed by atoms with van der Waals surface area (Å²) >= 11 is 5.88. The summed E-state index contributed by atoms with van der Waals surface area (Å²) in [5, 5.41) is 7.90. The summed E-state index contributed by atoms with van der Waals surface area (Å²) in [5.74, 6) is 0. The molecule has 0 radical (unpaired) electrons. The smallest absolute Gasteiger partial charge is 0.125 e. The van der Waals surface area contributed by atoms with Crippen molar-refractivity contribution in [1.29, 1.82) is 0 Å². The van der Waals surface area contributed by atoms with E-state index in [-0.39, 0.29) is 5.50 Å². The number of hydrogen-bond donors (Lipinski definition) is 0. The number of fused-ring (bicyclic) bond motifs is 1. The Hall–Kier alpha value is -1.09. The number of para-hydroxylation sites is 1. The Balaban J connectivity index is 2.70. The van der Waals surface area contributed by atoms with Crippen molar-refractivity contribution in [2.75, 3.05) is 0 Å². The Bertz CT molecular complexity index is 394. The number of benzene rings is 1. The van der Waals surface area contributed by atoms with Gasteiger partial charge in [-0.2, -0.15) is 0 Å². The summed E-state index contributed by atoms with van der Waals surface area (Å²) in [5.41, 5.74) is 1.70. The molecule has 0 spiro atoms. The van der Waals surface area contributed by atoms with Crippen LogP contribution < -0.4 is 0 Å². The molecule has 3 nitrogen and oxygen atoms in total.